The van der Waals surface area contributed by atoms with Crippen molar-refractivity contribution in [1.82, 2.24) is 0 Å². The molecular formula is C18H21NO3S. The number of amides is 1. The zero-order valence-corrected chi connectivity index (χ0v) is 14.8. The first-order valence-electron chi connectivity index (χ1n) is 8.18. The maximum absolute atomic E-state index is 13.3. The zero-order chi connectivity index (χ0) is 16.6. The number of ether oxygens (including phenoxy) is 1. The normalized spacial score (nSPS) is 30.8. The highest BCUT2D eigenvalue weighted by Gasteiger charge is 2.62. The van der Waals surface area contributed by atoms with Crippen molar-refractivity contribution in [2.75, 3.05) is 10.7 Å². The highest BCUT2D eigenvalue weighted by atomic mass is 32.2. The summed E-state index contributed by atoms with van der Waals surface area (Å²) in [6.07, 6.45) is 1.81. The molecule has 0 N–H and O–H groups in total. The lowest BCUT2D eigenvalue weighted by molar-refractivity contribution is -0.153. The molecule has 1 spiro atoms. The smallest absolute Gasteiger partial charge is 0.318 e. The molecule has 0 unspecified atom stereocenters. The van der Waals surface area contributed by atoms with E-state index in [1.165, 1.54) is 22.9 Å². The van der Waals surface area contributed by atoms with E-state index in [0.29, 0.717) is 5.92 Å². The average Bonchev–Trinajstić information content (AvgIpc) is 2.98. The maximum atomic E-state index is 13.3. The van der Waals surface area contributed by atoms with Crippen molar-refractivity contribution in [2.45, 2.75) is 56.9 Å². The quantitative estimate of drug-likeness (QED) is 0.741. The fourth-order valence-corrected chi connectivity index (χ4v) is 5.37. The van der Waals surface area contributed by atoms with Gasteiger partial charge in [-0.1, -0.05) is 31.7 Å². The highest BCUT2D eigenvalue weighted by Crippen LogP contribution is 2.59. The van der Waals surface area contributed by atoms with Gasteiger partial charge in [-0.25, -0.2) is 0 Å². The second-order valence-corrected chi connectivity index (χ2v) is 8.52. The molecule has 3 heterocycles. The van der Waals surface area contributed by atoms with Crippen molar-refractivity contribution in [3.8, 4) is 0 Å². The van der Waals surface area contributed by atoms with E-state index in [1.54, 1.807) is 0 Å². The van der Waals surface area contributed by atoms with Crippen LogP contribution in [0.1, 0.15) is 56.7 Å². The van der Waals surface area contributed by atoms with E-state index < -0.39 is 4.93 Å². The predicted molar refractivity (Wildman–Crippen MR) is 90.6 cm³/mol. The Balaban J connectivity index is 2.03. The Morgan fingerprint density at radius 2 is 2.09 bits per heavy atom. The van der Waals surface area contributed by atoms with E-state index in [1.807, 2.05) is 4.90 Å². The summed E-state index contributed by atoms with van der Waals surface area (Å²) in [5, 5.41) is 0. The average molecular weight is 331 g/mol. The van der Waals surface area contributed by atoms with Gasteiger partial charge in [-0.2, -0.15) is 0 Å². The first-order valence-corrected chi connectivity index (χ1v) is 9.16. The van der Waals surface area contributed by atoms with Crippen molar-refractivity contribution >= 4 is 29.3 Å². The van der Waals surface area contributed by atoms with Crippen LogP contribution in [0.15, 0.2) is 12.1 Å². The summed E-state index contributed by atoms with van der Waals surface area (Å²) in [6.45, 7) is 8.53. The van der Waals surface area contributed by atoms with Gasteiger partial charge in [0.2, 0.25) is 0 Å². The summed E-state index contributed by atoms with van der Waals surface area (Å²) in [6, 6.07) is 4.29. The fraction of sp³-hybridized carbons (Fsp3) is 0.556. The summed E-state index contributed by atoms with van der Waals surface area (Å²) in [7, 11) is 0. The van der Waals surface area contributed by atoms with Crippen LogP contribution in [0, 0.1) is 0 Å². The predicted octanol–water partition coefficient (Wildman–Crippen LogP) is 3.32. The lowest BCUT2D eigenvalue weighted by Crippen LogP contribution is -2.52. The van der Waals surface area contributed by atoms with Crippen LogP contribution in [0.2, 0.25) is 0 Å². The van der Waals surface area contributed by atoms with Crippen LogP contribution in [-0.2, 0) is 25.7 Å². The summed E-state index contributed by atoms with van der Waals surface area (Å²) in [5.41, 5.74) is 4.01. The van der Waals surface area contributed by atoms with Crippen LogP contribution in [0.5, 0.6) is 0 Å². The Hall–Kier alpha value is -1.49. The Labute approximate surface area is 140 Å². The number of hydrogen-bond acceptors (Lipinski definition) is 4. The zero-order valence-electron chi connectivity index (χ0n) is 13.9. The number of benzene rings is 1. The molecule has 0 radical (unpaired) electrons. The topological polar surface area (TPSA) is 46.6 Å². The molecule has 1 aromatic carbocycles. The molecule has 4 nitrogen and oxygen atoms in total. The van der Waals surface area contributed by atoms with Gasteiger partial charge in [-0.3, -0.25) is 9.59 Å². The van der Waals surface area contributed by atoms with Gasteiger partial charge in [0, 0.05) is 11.1 Å². The molecule has 3 aliphatic rings. The van der Waals surface area contributed by atoms with E-state index in [9.17, 15) is 9.59 Å². The van der Waals surface area contributed by atoms with Gasteiger partial charge in [0.25, 0.3) is 10.8 Å². The Morgan fingerprint density at radius 3 is 2.70 bits per heavy atom. The molecule has 5 heteroatoms. The van der Waals surface area contributed by atoms with Gasteiger partial charge in [0.05, 0.1) is 11.4 Å². The highest BCUT2D eigenvalue weighted by molar-refractivity contribution is 8.01. The van der Waals surface area contributed by atoms with Gasteiger partial charge >= 0.3 is 5.97 Å². The second-order valence-electron chi connectivity index (χ2n) is 7.37. The molecule has 1 saturated heterocycles. The molecule has 0 aromatic heterocycles. The molecular weight excluding hydrogens is 310 g/mol. The van der Waals surface area contributed by atoms with Crippen molar-refractivity contribution in [3.05, 3.63) is 28.8 Å². The molecule has 23 heavy (non-hydrogen) atoms. The molecule has 0 bridgehead atoms. The van der Waals surface area contributed by atoms with E-state index in [4.69, 9.17) is 4.74 Å². The summed E-state index contributed by atoms with van der Waals surface area (Å²) < 4.78 is 5.62. The lowest BCUT2D eigenvalue weighted by Gasteiger charge is -2.43. The number of hydrogen-bond donors (Lipinski definition) is 0. The number of aryl methyl sites for hydroxylation is 1. The third-order valence-corrected chi connectivity index (χ3v) is 6.53. The number of carbonyl (C=O) groups is 2. The van der Waals surface area contributed by atoms with Crippen molar-refractivity contribution in [3.63, 3.8) is 0 Å². The van der Waals surface area contributed by atoms with Crippen LogP contribution in [0.25, 0.3) is 0 Å². The van der Waals surface area contributed by atoms with E-state index >= 15 is 0 Å². The van der Waals surface area contributed by atoms with Crippen molar-refractivity contribution < 1.29 is 14.3 Å². The molecule has 1 aromatic rings. The number of thioether (sulfide) groups is 1. The van der Waals surface area contributed by atoms with E-state index in [2.05, 4.69) is 39.8 Å². The minimum absolute atomic E-state index is 0.0882. The van der Waals surface area contributed by atoms with Crippen LogP contribution in [0.3, 0.4) is 0 Å². The Bertz CT molecular complexity index is 742. The van der Waals surface area contributed by atoms with Gasteiger partial charge < -0.3 is 9.64 Å². The number of nitrogens with zero attached hydrogens (tertiary/aromatic N) is 1. The Morgan fingerprint density at radius 1 is 1.35 bits per heavy atom. The van der Waals surface area contributed by atoms with Gasteiger partial charge in [-0.05, 0) is 49.8 Å². The first kappa shape index (κ1) is 15.1. The molecule has 3 aliphatic heterocycles. The minimum atomic E-state index is -1.16. The maximum Gasteiger partial charge on any atom is 0.318 e. The van der Waals surface area contributed by atoms with E-state index in [0.717, 1.165) is 24.1 Å². The van der Waals surface area contributed by atoms with Gasteiger partial charge in [0.15, 0.2) is 0 Å². The standard InChI is InChI=1S/C18H21NO3S/c1-5-11-6-12-10(2)8-17(3,4)19-15(12)13(7-11)18(16(19)21)22-14(20)9-23-18/h6-7,10H,5,8-9H2,1-4H3/t10-,18+/m0/s1. The van der Waals surface area contributed by atoms with Crippen molar-refractivity contribution in [2.24, 2.45) is 0 Å². The Kier molecular flexibility index (Phi) is 2.97. The molecule has 0 aliphatic carbocycles. The van der Waals surface area contributed by atoms with Crippen molar-refractivity contribution in [1.29, 1.82) is 0 Å². The molecule has 122 valence electrons. The number of carbonyl (C=O) groups excluding carboxylic acids is 2. The van der Waals surface area contributed by atoms with Crippen LogP contribution >= 0.6 is 11.8 Å². The number of fused-ring (bicyclic) bond motifs is 1. The summed E-state index contributed by atoms with van der Waals surface area (Å²) in [4.78, 5) is 25.9. The number of anilines is 1. The third kappa shape index (κ3) is 1.80. The number of esters is 1. The number of rotatable bonds is 1. The largest absolute Gasteiger partial charge is 0.433 e. The molecule has 4 rings (SSSR count). The second kappa shape index (κ2) is 4.53. The molecule has 1 fully saturated rings. The van der Waals surface area contributed by atoms with Crippen LogP contribution in [-0.4, -0.2) is 23.2 Å². The minimum Gasteiger partial charge on any atom is -0.433 e. The fourth-order valence-electron chi connectivity index (χ4n) is 4.31. The molecule has 1 amide bonds. The lowest BCUT2D eigenvalue weighted by atomic mass is 9.79. The van der Waals surface area contributed by atoms with Crippen LogP contribution in [0.4, 0.5) is 5.69 Å². The monoisotopic (exact) mass is 331 g/mol. The summed E-state index contributed by atoms with van der Waals surface area (Å²) in [5.74, 6) is 0.228. The van der Waals surface area contributed by atoms with Gasteiger partial charge in [0.1, 0.15) is 0 Å². The van der Waals surface area contributed by atoms with Gasteiger partial charge in [-0.15, -0.1) is 0 Å². The third-order valence-electron chi connectivity index (χ3n) is 5.26. The summed E-state index contributed by atoms with van der Waals surface area (Å²) >= 11 is 1.33. The first-order chi connectivity index (χ1) is 10.8. The SMILES string of the molecule is CCc1cc2c3c(c1)[C@]1(OC(=O)CS1)C(=O)N3C(C)(C)C[C@@H]2C. The molecule has 2 atom stereocenters. The van der Waals surface area contributed by atoms with E-state index in [-0.39, 0.29) is 23.2 Å². The molecule has 0 saturated carbocycles. The van der Waals surface area contributed by atoms with Crippen LogP contribution < -0.4 is 4.90 Å².